The van der Waals surface area contributed by atoms with Crippen molar-refractivity contribution in [1.29, 1.82) is 0 Å². The molecule has 2 saturated heterocycles. The average Bonchev–Trinajstić information content (AvgIpc) is 3.95. The number of ether oxygens (including phenoxy) is 1. The van der Waals surface area contributed by atoms with Gasteiger partial charge in [0, 0.05) is 97.4 Å². The molecule has 0 bridgehead atoms. The molecule has 0 radical (unpaired) electrons. The van der Waals surface area contributed by atoms with E-state index in [1.807, 2.05) is 67.5 Å². The van der Waals surface area contributed by atoms with Crippen LogP contribution in [0.3, 0.4) is 0 Å². The number of hydrogen-bond acceptors (Lipinski definition) is 6. The van der Waals surface area contributed by atoms with Gasteiger partial charge in [-0.2, -0.15) is 0 Å². The van der Waals surface area contributed by atoms with Gasteiger partial charge in [-0.15, -0.1) is 0 Å². The Kier molecular flexibility index (Phi) is 15.7. The van der Waals surface area contributed by atoms with E-state index in [1.165, 1.54) is 24.3 Å². The molecule has 6 N–H and O–H groups in total. The molecule has 68 heavy (non-hydrogen) atoms. The highest BCUT2D eigenvalue weighted by Crippen LogP contribution is 2.36. The van der Waals surface area contributed by atoms with E-state index in [0.717, 1.165) is 71.0 Å². The van der Waals surface area contributed by atoms with Crippen LogP contribution >= 0.6 is 0 Å². The van der Waals surface area contributed by atoms with Crippen LogP contribution in [-0.2, 0) is 36.8 Å². The van der Waals surface area contributed by atoms with Crippen molar-refractivity contribution in [2.45, 2.75) is 105 Å². The molecule has 0 saturated carbocycles. The largest absolute Gasteiger partial charge is 1.00 e. The molecule has 4 aliphatic rings. The fourth-order valence-corrected chi connectivity index (χ4v) is 9.36. The van der Waals surface area contributed by atoms with Gasteiger partial charge in [0.1, 0.15) is 17.2 Å². The Bertz CT molecular complexity index is 2670. The molecule has 4 aromatic rings. The molecule has 8 rings (SSSR count). The van der Waals surface area contributed by atoms with Crippen molar-refractivity contribution in [3.63, 3.8) is 0 Å². The fraction of sp³-hybridized carbons (Fsp3) is 0.431. The first kappa shape index (κ1) is 51.1. The summed E-state index contributed by atoms with van der Waals surface area (Å²) in [6, 6.07) is 8.82. The van der Waals surface area contributed by atoms with Gasteiger partial charge >= 0.3 is 6.09 Å². The molecule has 2 fully saturated rings. The number of nitrogens with two attached hydrogens (primary N) is 1. The number of carbonyl (C=O) groups excluding carboxylic acids is 5. The highest BCUT2D eigenvalue weighted by molar-refractivity contribution is 6.35. The Morgan fingerprint density at radius 1 is 0.721 bits per heavy atom. The summed E-state index contributed by atoms with van der Waals surface area (Å²) in [4.78, 5) is 75.3. The third-order valence-electron chi connectivity index (χ3n) is 13.4. The lowest BCUT2D eigenvalue weighted by Gasteiger charge is -2.37. The van der Waals surface area contributed by atoms with Gasteiger partial charge in [0.05, 0.1) is 37.1 Å². The summed E-state index contributed by atoms with van der Waals surface area (Å²) < 4.78 is 33.0. The summed E-state index contributed by atoms with van der Waals surface area (Å²) in [5.41, 5.74) is 9.43. The lowest BCUT2D eigenvalue weighted by molar-refractivity contribution is -0.663. The minimum absolute atomic E-state index is 0. The molecule has 14 nitrogen and oxygen atoms in total. The minimum Gasteiger partial charge on any atom is -1.00 e. The summed E-state index contributed by atoms with van der Waals surface area (Å²) in [5, 5.41) is 7.82. The molecule has 0 spiro atoms. The zero-order valence-electron chi connectivity index (χ0n) is 40.3. The Hall–Kier alpha value is -6.26. The minimum atomic E-state index is -0.539. The van der Waals surface area contributed by atoms with Crippen LogP contribution in [0.4, 0.5) is 25.0 Å². The number of aromatic nitrogens is 2. The van der Waals surface area contributed by atoms with Gasteiger partial charge in [0.2, 0.25) is 11.8 Å². The third-order valence-corrected chi connectivity index (χ3v) is 13.4. The number of benzene rings is 2. The maximum absolute atomic E-state index is 13.8. The van der Waals surface area contributed by atoms with E-state index in [2.05, 4.69) is 25.9 Å². The number of anilines is 2. The van der Waals surface area contributed by atoms with Crippen LogP contribution in [0.25, 0.3) is 23.3 Å². The van der Waals surface area contributed by atoms with E-state index in [0.29, 0.717) is 72.0 Å². The summed E-state index contributed by atoms with van der Waals surface area (Å²) in [7, 11) is 3.71. The average molecular weight is 958 g/mol. The zero-order chi connectivity index (χ0) is 48.5. The number of quaternary nitrogens is 1. The monoisotopic (exact) mass is 956 g/mol. The van der Waals surface area contributed by atoms with Crippen LogP contribution in [0.5, 0.6) is 0 Å². The molecular formula is C51H63ClF2N8O6. The lowest BCUT2D eigenvalue weighted by atomic mass is 10.0. The van der Waals surface area contributed by atoms with Crippen molar-refractivity contribution in [1.82, 2.24) is 24.7 Å². The van der Waals surface area contributed by atoms with Crippen molar-refractivity contribution in [2.75, 3.05) is 50.9 Å². The van der Waals surface area contributed by atoms with Crippen molar-refractivity contribution in [3.8, 4) is 0 Å². The van der Waals surface area contributed by atoms with Crippen molar-refractivity contribution in [3.05, 3.63) is 104 Å². The molecule has 5 amide bonds. The van der Waals surface area contributed by atoms with E-state index < -0.39 is 11.4 Å². The van der Waals surface area contributed by atoms with Crippen LogP contribution in [-0.4, -0.2) is 112 Å². The Labute approximate surface area is 402 Å². The lowest BCUT2D eigenvalue weighted by Crippen LogP contribution is -3.00. The predicted octanol–water partition coefficient (Wildman–Crippen LogP) is 3.66. The number of halogens is 3. The number of amides is 5. The van der Waals surface area contributed by atoms with Gasteiger partial charge in [-0.25, -0.2) is 13.6 Å². The van der Waals surface area contributed by atoms with E-state index >= 15 is 0 Å². The molecule has 17 heteroatoms. The molecule has 0 aliphatic carbocycles. The number of aromatic amines is 2. The van der Waals surface area contributed by atoms with Crippen molar-refractivity contribution in [2.24, 2.45) is 0 Å². The first-order valence-corrected chi connectivity index (χ1v) is 23.0. The number of H-pyrrole nitrogens is 2. The zero-order valence-corrected chi connectivity index (χ0v) is 41.1. The Balaban J connectivity index is 0.000000225. The normalized spacial score (nSPS) is 17.2. The van der Waals surface area contributed by atoms with Gasteiger partial charge in [0.15, 0.2) is 0 Å². The highest BCUT2D eigenvalue weighted by atomic mass is 35.5. The maximum Gasteiger partial charge on any atom is 0.410 e. The van der Waals surface area contributed by atoms with E-state index in [1.54, 1.807) is 34.1 Å². The fourth-order valence-electron chi connectivity index (χ4n) is 9.36. The van der Waals surface area contributed by atoms with Gasteiger partial charge in [-0.3, -0.25) is 19.2 Å². The number of likely N-dealkylation sites (N-methyl/N-ethyl adjacent to an activating group) is 2. The third kappa shape index (κ3) is 11.4. The molecule has 6 heterocycles. The molecule has 4 aliphatic heterocycles. The quantitative estimate of drug-likeness (QED) is 0.169. The maximum atomic E-state index is 13.8. The number of piperidine rings is 2. The second-order valence-corrected chi connectivity index (χ2v) is 19.1. The number of carbonyl (C=O) groups is 5. The number of hydrogen-bond donors (Lipinski definition) is 5. The van der Waals surface area contributed by atoms with Crippen molar-refractivity contribution < 1.29 is 55.2 Å². The predicted molar refractivity (Wildman–Crippen MR) is 255 cm³/mol. The SMILES string of the molecule is Cc1[nH]c(/C=C2\C(=O)Nc3ccc(F)cc32)c(C)c1CC(=O)N(C)C1CCN(C(=O)OC(C)(C)C)CC1.Cc1[nH]c(/C=C2\C(=O)Nc3ccc(F)cc32)c(C)c1CC(=O)N(C)C1CC[NH2+]CC1.[Cl-]. The first-order chi connectivity index (χ1) is 31.7. The molecule has 2 aromatic heterocycles. The molecule has 0 atom stereocenters. The first-order valence-electron chi connectivity index (χ1n) is 23.0. The van der Waals surface area contributed by atoms with Crippen LogP contribution < -0.4 is 28.4 Å². The van der Waals surface area contributed by atoms with E-state index in [9.17, 15) is 32.8 Å². The highest BCUT2D eigenvalue weighted by Gasteiger charge is 2.32. The van der Waals surface area contributed by atoms with Gasteiger partial charge < -0.3 is 57.8 Å². The standard InChI is InChI=1S/C28H35FN4O4.C23H27FN4O2.ClH/c1-16-20(15-25(34)32(6)19-9-11-33(12-10-19)27(36)37-28(3,4)5)17(2)30-24(16)14-22-21-13-18(29)7-8-23(21)31-26(22)35;1-13-17(12-22(29)28(3)16-6-8-25-9-7-16)14(2)26-21(13)11-19-18-10-15(24)4-5-20(18)27-23(19)30;/h7-8,13-14,19,30H,9-12,15H2,1-6H3,(H,31,35);4-5,10-11,16,25-26H,6-9,12H2,1-3H3,(H,27,30);1H/b22-14-;19-11-;. The molecule has 0 unspecified atom stereocenters. The van der Waals surface area contributed by atoms with Crippen LogP contribution in [0, 0.1) is 39.3 Å². The molecular weight excluding hydrogens is 894 g/mol. The Morgan fingerprint density at radius 3 is 1.54 bits per heavy atom. The number of fused-ring (bicyclic) bond motifs is 2. The topological polar surface area (TPSA) is 177 Å². The van der Waals surface area contributed by atoms with Gasteiger partial charge in [-0.1, -0.05) is 0 Å². The number of nitrogens with one attached hydrogen (secondary N) is 4. The molecule has 2 aromatic carbocycles. The summed E-state index contributed by atoms with van der Waals surface area (Å²) in [6.07, 6.45) is 7.12. The number of likely N-dealkylation sites (tertiary alicyclic amines) is 1. The number of aryl methyl sites for hydroxylation is 2. The van der Waals surface area contributed by atoms with Crippen molar-refractivity contribution >= 4 is 64.4 Å². The van der Waals surface area contributed by atoms with Crippen LogP contribution in [0.1, 0.15) is 103 Å². The van der Waals surface area contributed by atoms with Crippen LogP contribution in [0.15, 0.2) is 36.4 Å². The number of rotatable bonds is 8. The van der Waals surface area contributed by atoms with Gasteiger partial charge in [-0.05, 0) is 132 Å². The Morgan fingerprint density at radius 2 is 1.13 bits per heavy atom. The summed E-state index contributed by atoms with van der Waals surface area (Å²) in [6.45, 7) is 16.5. The van der Waals surface area contributed by atoms with E-state index in [-0.39, 0.29) is 60.4 Å². The van der Waals surface area contributed by atoms with Crippen LogP contribution in [0.2, 0.25) is 0 Å². The smallest absolute Gasteiger partial charge is 0.410 e. The summed E-state index contributed by atoms with van der Waals surface area (Å²) >= 11 is 0. The van der Waals surface area contributed by atoms with E-state index in [4.69, 9.17) is 4.74 Å². The second-order valence-electron chi connectivity index (χ2n) is 19.1. The number of nitrogens with zero attached hydrogens (tertiary/aromatic N) is 3. The summed E-state index contributed by atoms with van der Waals surface area (Å²) in [5.74, 6) is -1.24. The second kappa shape index (κ2) is 20.9. The molecule has 364 valence electrons. The van der Waals surface area contributed by atoms with Gasteiger partial charge in [0.25, 0.3) is 11.8 Å².